The van der Waals surface area contributed by atoms with Gasteiger partial charge in [-0.15, -0.1) is 0 Å². The highest BCUT2D eigenvalue weighted by Crippen LogP contribution is 2.19. The normalized spacial score (nSPS) is 10.1. The molecule has 1 heterocycles. The number of amides is 1. The molecule has 0 saturated heterocycles. The maximum absolute atomic E-state index is 12.1. The Morgan fingerprint density at radius 1 is 1.21 bits per heavy atom. The van der Waals surface area contributed by atoms with E-state index in [9.17, 15) is 4.79 Å². The highest BCUT2D eigenvalue weighted by Gasteiger charge is 2.09. The number of ether oxygens (including phenoxy) is 1. The minimum Gasteiger partial charge on any atom is -0.496 e. The van der Waals surface area contributed by atoms with Crippen LogP contribution in [0, 0.1) is 13.8 Å². The molecule has 98 valence electrons. The lowest BCUT2D eigenvalue weighted by atomic mass is 10.1. The van der Waals surface area contributed by atoms with E-state index in [4.69, 9.17) is 4.74 Å². The number of hydrogen-bond donors (Lipinski definition) is 1. The summed E-state index contributed by atoms with van der Waals surface area (Å²) in [7, 11) is 1.59. The second-order valence-corrected chi connectivity index (χ2v) is 4.30. The largest absolute Gasteiger partial charge is 0.496 e. The average Bonchev–Trinajstić information content (AvgIpc) is 2.39. The molecule has 0 bridgehead atoms. The third-order valence-electron chi connectivity index (χ3n) is 2.80. The molecule has 4 nitrogen and oxygen atoms in total. The molecular weight excluding hydrogens is 240 g/mol. The van der Waals surface area contributed by atoms with Crippen molar-refractivity contribution in [1.29, 1.82) is 0 Å². The predicted octanol–water partition coefficient (Wildman–Crippen LogP) is 2.96. The third kappa shape index (κ3) is 3.10. The standard InChI is InChI=1S/C15H16N2O2/c1-10-7-8-12(9-13(10)19-3)15(18)17-14-6-4-5-11(2)16-14/h4-9H,1-3H3,(H,16,17,18). The van der Waals surface area contributed by atoms with Crippen LogP contribution in [-0.4, -0.2) is 18.0 Å². The highest BCUT2D eigenvalue weighted by molar-refractivity contribution is 6.04. The van der Waals surface area contributed by atoms with Crippen LogP contribution in [0.1, 0.15) is 21.6 Å². The Bertz CT molecular complexity index is 609. The zero-order valence-corrected chi connectivity index (χ0v) is 11.2. The SMILES string of the molecule is COc1cc(C(=O)Nc2cccc(C)n2)ccc1C. The Labute approximate surface area is 112 Å². The number of aromatic nitrogens is 1. The minimum atomic E-state index is -0.198. The van der Waals surface area contributed by atoms with Crippen LogP contribution in [0.25, 0.3) is 0 Å². The van der Waals surface area contributed by atoms with Gasteiger partial charge in [0.05, 0.1) is 7.11 Å². The average molecular weight is 256 g/mol. The molecule has 19 heavy (non-hydrogen) atoms. The van der Waals surface area contributed by atoms with Crippen molar-refractivity contribution >= 4 is 11.7 Å². The van der Waals surface area contributed by atoms with Crippen molar-refractivity contribution in [2.45, 2.75) is 13.8 Å². The van der Waals surface area contributed by atoms with Crippen molar-refractivity contribution < 1.29 is 9.53 Å². The van der Waals surface area contributed by atoms with Crippen LogP contribution in [-0.2, 0) is 0 Å². The van der Waals surface area contributed by atoms with Gasteiger partial charge in [-0.2, -0.15) is 0 Å². The van der Waals surface area contributed by atoms with Crippen LogP contribution in [0.4, 0.5) is 5.82 Å². The van der Waals surface area contributed by atoms with Gasteiger partial charge in [0.2, 0.25) is 0 Å². The van der Waals surface area contributed by atoms with Crippen molar-refractivity contribution in [3.8, 4) is 5.75 Å². The van der Waals surface area contributed by atoms with Crippen LogP contribution in [0.15, 0.2) is 36.4 Å². The van der Waals surface area contributed by atoms with Crippen molar-refractivity contribution in [3.63, 3.8) is 0 Å². The van der Waals surface area contributed by atoms with Gasteiger partial charge in [-0.1, -0.05) is 12.1 Å². The van der Waals surface area contributed by atoms with Gasteiger partial charge in [-0.05, 0) is 43.7 Å². The van der Waals surface area contributed by atoms with Gasteiger partial charge in [0.1, 0.15) is 11.6 Å². The third-order valence-corrected chi connectivity index (χ3v) is 2.80. The molecule has 1 aromatic heterocycles. The van der Waals surface area contributed by atoms with Gasteiger partial charge in [0, 0.05) is 11.3 Å². The van der Waals surface area contributed by atoms with E-state index in [-0.39, 0.29) is 5.91 Å². The number of carbonyl (C=O) groups is 1. The van der Waals surface area contributed by atoms with Gasteiger partial charge in [-0.3, -0.25) is 4.79 Å². The second kappa shape index (κ2) is 5.52. The number of benzene rings is 1. The van der Waals surface area contributed by atoms with E-state index in [0.29, 0.717) is 17.1 Å². The quantitative estimate of drug-likeness (QED) is 0.918. The molecule has 2 aromatic rings. The summed E-state index contributed by atoms with van der Waals surface area (Å²) in [5.74, 6) is 1.05. The first-order valence-electron chi connectivity index (χ1n) is 6.00. The molecular formula is C15H16N2O2. The summed E-state index contributed by atoms with van der Waals surface area (Å²) in [5.41, 5.74) is 2.40. The number of nitrogens with zero attached hydrogens (tertiary/aromatic N) is 1. The van der Waals surface area contributed by atoms with Gasteiger partial charge in [0.25, 0.3) is 5.91 Å². The molecule has 1 aromatic carbocycles. The Balaban J connectivity index is 2.20. The van der Waals surface area contributed by atoms with Crippen LogP contribution >= 0.6 is 0 Å². The minimum absolute atomic E-state index is 0.198. The fourth-order valence-corrected chi connectivity index (χ4v) is 1.76. The summed E-state index contributed by atoms with van der Waals surface area (Å²) < 4.78 is 5.21. The maximum atomic E-state index is 12.1. The van der Waals surface area contributed by atoms with Crippen molar-refractivity contribution in [2.75, 3.05) is 12.4 Å². The summed E-state index contributed by atoms with van der Waals surface area (Å²) in [5, 5.41) is 2.76. The van der Waals surface area contributed by atoms with Gasteiger partial charge < -0.3 is 10.1 Å². The second-order valence-electron chi connectivity index (χ2n) is 4.30. The number of anilines is 1. The first-order valence-corrected chi connectivity index (χ1v) is 6.00. The van der Waals surface area contributed by atoms with E-state index >= 15 is 0 Å². The molecule has 0 aliphatic rings. The summed E-state index contributed by atoms with van der Waals surface area (Å²) in [6.07, 6.45) is 0. The Morgan fingerprint density at radius 2 is 2.00 bits per heavy atom. The first-order chi connectivity index (χ1) is 9.10. The van der Waals surface area contributed by atoms with E-state index in [1.165, 1.54) is 0 Å². The fraction of sp³-hybridized carbons (Fsp3) is 0.200. The highest BCUT2D eigenvalue weighted by atomic mass is 16.5. The molecule has 4 heteroatoms. The Morgan fingerprint density at radius 3 is 2.68 bits per heavy atom. The summed E-state index contributed by atoms with van der Waals surface area (Å²) >= 11 is 0. The molecule has 0 saturated carbocycles. The van der Waals surface area contributed by atoms with Crippen molar-refractivity contribution in [1.82, 2.24) is 4.98 Å². The first kappa shape index (κ1) is 13.1. The Hall–Kier alpha value is -2.36. The van der Waals surface area contributed by atoms with E-state index in [2.05, 4.69) is 10.3 Å². The number of aryl methyl sites for hydroxylation is 2. The molecule has 1 amide bonds. The number of hydrogen-bond acceptors (Lipinski definition) is 3. The van der Waals surface area contributed by atoms with Gasteiger partial charge in [-0.25, -0.2) is 4.98 Å². The number of methoxy groups -OCH3 is 1. The smallest absolute Gasteiger partial charge is 0.256 e. The molecule has 2 rings (SSSR count). The topological polar surface area (TPSA) is 51.2 Å². The van der Waals surface area contributed by atoms with Crippen molar-refractivity contribution in [3.05, 3.63) is 53.2 Å². The maximum Gasteiger partial charge on any atom is 0.256 e. The molecule has 0 aliphatic carbocycles. The number of rotatable bonds is 3. The lowest BCUT2D eigenvalue weighted by Gasteiger charge is -2.08. The van der Waals surface area contributed by atoms with Crippen LogP contribution < -0.4 is 10.1 Å². The molecule has 0 atom stereocenters. The number of pyridine rings is 1. The molecule has 0 aliphatic heterocycles. The molecule has 0 fully saturated rings. The molecule has 1 N–H and O–H groups in total. The van der Waals surface area contributed by atoms with Crippen LogP contribution in [0.5, 0.6) is 5.75 Å². The van der Waals surface area contributed by atoms with Gasteiger partial charge >= 0.3 is 0 Å². The van der Waals surface area contributed by atoms with Crippen LogP contribution in [0.3, 0.4) is 0 Å². The molecule has 0 unspecified atom stereocenters. The van der Waals surface area contributed by atoms with Crippen LogP contribution in [0.2, 0.25) is 0 Å². The predicted molar refractivity (Wildman–Crippen MR) is 74.7 cm³/mol. The zero-order valence-electron chi connectivity index (χ0n) is 11.2. The number of nitrogens with one attached hydrogen (secondary N) is 1. The summed E-state index contributed by atoms with van der Waals surface area (Å²) in [6.45, 7) is 3.81. The number of carbonyl (C=O) groups excluding carboxylic acids is 1. The van der Waals surface area contributed by atoms with E-state index in [1.54, 1.807) is 25.3 Å². The lowest BCUT2D eigenvalue weighted by Crippen LogP contribution is -2.13. The molecule has 0 radical (unpaired) electrons. The Kier molecular flexibility index (Phi) is 3.80. The summed E-state index contributed by atoms with van der Waals surface area (Å²) in [6, 6.07) is 10.8. The van der Waals surface area contributed by atoms with E-state index in [0.717, 1.165) is 11.3 Å². The summed E-state index contributed by atoms with van der Waals surface area (Å²) in [4.78, 5) is 16.3. The lowest BCUT2D eigenvalue weighted by molar-refractivity contribution is 0.102. The molecule has 0 spiro atoms. The van der Waals surface area contributed by atoms with E-state index in [1.807, 2.05) is 32.0 Å². The van der Waals surface area contributed by atoms with Crippen molar-refractivity contribution in [2.24, 2.45) is 0 Å². The van der Waals surface area contributed by atoms with E-state index < -0.39 is 0 Å². The monoisotopic (exact) mass is 256 g/mol. The zero-order chi connectivity index (χ0) is 13.8. The van der Waals surface area contributed by atoms with Gasteiger partial charge in [0.15, 0.2) is 0 Å². The fourth-order valence-electron chi connectivity index (χ4n) is 1.76.